The zero-order chi connectivity index (χ0) is 7.33. The Morgan fingerprint density at radius 3 is 2.22 bits per heavy atom. The Labute approximate surface area is 64.3 Å². The molecule has 0 unspecified atom stereocenters. The maximum absolute atomic E-state index is 10.5. The normalized spacial score (nSPS) is 13.7. The van der Waals surface area contributed by atoms with Gasteiger partial charge in [0.2, 0.25) is 0 Å². The summed E-state index contributed by atoms with van der Waals surface area (Å²) in [5.74, 6) is -1.71. The van der Waals surface area contributed by atoms with Crippen molar-refractivity contribution in [1.82, 2.24) is 0 Å². The summed E-state index contributed by atoms with van der Waals surface area (Å²) in [7, 11) is 0. The molecule has 0 atom stereocenters. The van der Waals surface area contributed by atoms with Crippen molar-refractivity contribution >= 4 is 28.3 Å². The number of allylic oxidation sites excluding steroid dienone is 3. The molecule has 0 aromatic heterocycles. The van der Waals surface area contributed by atoms with Crippen molar-refractivity contribution < 1.29 is 4.57 Å². The van der Waals surface area contributed by atoms with Crippen molar-refractivity contribution in [3.63, 3.8) is 0 Å². The molecule has 0 radical (unpaired) electrons. The van der Waals surface area contributed by atoms with Gasteiger partial charge in [-0.1, -0.05) is 18.2 Å². The van der Waals surface area contributed by atoms with Gasteiger partial charge in [0.1, 0.15) is 0 Å². The minimum atomic E-state index is -2.98. The molecule has 0 spiro atoms. The second-order valence-corrected chi connectivity index (χ2v) is 6.21. The third-order valence-corrected chi connectivity index (χ3v) is 1.76. The van der Waals surface area contributed by atoms with Crippen LogP contribution < -0.4 is 0 Å². The van der Waals surface area contributed by atoms with E-state index in [1.807, 2.05) is 6.92 Å². The molecule has 0 saturated heterocycles. The monoisotopic (exact) mass is 184 g/mol. The van der Waals surface area contributed by atoms with Gasteiger partial charge in [-0.2, -0.15) is 0 Å². The van der Waals surface area contributed by atoms with E-state index in [-0.39, 0.29) is 0 Å². The van der Waals surface area contributed by atoms with Gasteiger partial charge in [0.15, 0.2) is 0 Å². The first-order valence-electron chi connectivity index (χ1n) is 2.36. The summed E-state index contributed by atoms with van der Waals surface area (Å²) in [5.41, 5.74) is 0. The van der Waals surface area contributed by atoms with Crippen LogP contribution >= 0.6 is 28.3 Å². The fraction of sp³-hybridized carbons (Fsp3) is 0.200. The third kappa shape index (κ3) is 8.29. The minimum Gasteiger partial charge on any atom is -0.285 e. The predicted molar refractivity (Wildman–Crippen MR) is 43.3 cm³/mol. The number of halogens is 2. The van der Waals surface area contributed by atoms with Crippen molar-refractivity contribution in [2.75, 3.05) is 0 Å². The highest BCUT2D eigenvalue weighted by Gasteiger charge is 2.04. The molecule has 4 heteroatoms. The van der Waals surface area contributed by atoms with Gasteiger partial charge in [-0.3, -0.25) is 4.57 Å². The van der Waals surface area contributed by atoms with Crippen LogP contribution in [0.1, 0.15) is 6.92 Å². The van der Waals surface area contributed by atoms with E-state index in [1.165, 1.54) is 5.82 Å². The first kappa shape index (κ1) is 9.29. The molecule has 0 aliphatic carbocycles. The van der Waals surface area contributed by atoms with Gasteiger partial charge < -0.3 is 0 Å². The van der Waals surface area contributed by atoms with Crippen molar-refractivity contribution in [3.8, 4) is 0 Å². The summed E-state index contributed by atoms with van der Waals surface area (Å²) in [6.45, 7) is 1.84. The lowest BCUT2D eigenvalue weighted by Crippen LogP contribution is -1.47. The van der Waals surface area contributed by atoms with E-state index < -0.39 is 5.85 Å². The van der Waals surface area contributed by atoms with Gasteiger partial charge in [-0.25, -0.2) is 0 Å². The van der Waals surface area contributed by atoms with Crippen LogP contribution in [-0.4, -0.2) is 0 Å². The van der Waals surface area contributed by atoms with E-state index >= 15 is 0 Å². The Hall–Kier alpha value is 0.290. The SMILES string of the molecule is C/C=C/C=C/P(=O)(Cl)Cl. The second-order valence-electron chi connectivity index (χ2n) is 1.37. The summed E-state index contributed by atoms with van der Waals surface area (Å²) >= 11 is 10.3. The van der Waals surface area contributed by atoms with E-state index in [1.54, 1.807) is 18.2 Å². The van der Waals surface area contributed by atoms with Gasteiger partial charge in [-0.15, -0.1) is 0 Å². The molecule has 0 bridgehead atoms. The molecule has 9 heavy (non-hydrogen) atoms. The second kappa shape index (κ2) is 4.16. The largest absolute Gasteiger partial charge is 0.285 e. The van der Waals surface area contributed by atoms with E-state index in [0.717, 1.165) is 0 Å². The molecule has 0 fully saturated rings. The highest BCUT2D eigenvalue weighted by atomic mass is 35.9. The predicted octanol–water partition coefficient (Wildman–Crippen LogP) is 3.75. The lowest BCUT2D eigenvalue weighted by molar-refractivity contribution is 0.597. The first-order chi connectivity index (χ1) is 4.06. The summed E-state index contributed by atoms with van der Waals surface area (Å²) in [5, 5.41) is 0. The molecule has 0 amide bonds. The molecule has 0 aromatic rings. The molecular weight excluding hydrogens is 178 g/mol. The highest BCUT2D eigenvalue weighted by Crippen LogP contribution is 2.57. The number of hydrogen-bond donors (Lipinski definition) is 0. The smallest absolute Gasteiger partial charge is 0.274 e. The Morgan fingerprint density at radius 2 is 1.89 bits per heavy atom. The Morgan fingerprint density at radius 1 is 1.33 bits per heavy atom. The topological polar surface area (TPSA) is 17.1 Å². The minimum absolute atomic E-state index is 1.27. The van der Waals surface area contributed by atoms with Crippen LogP contribution in [0.3, 0.4) is 0 Å². The van der Waals surface area contributed by atoms with Gasteiger partial charge in [-0.05, 0) is 29.4 Å². The highest BCUT2D eigenvalue weighted by molar-refractivity contribution is 8.10. The molecular formula is C5H7Cl2OP. The number of hydrogen-bond acceptors (Lipinski definition) is 1. The van der Waals surface area contributed by atoms with Crippen LogP contribution in [0, 0.1) is 0 Å². The van der Waals surface area contributed by atoms with Crippen LogP contribution in [0.25, 0.3) is 0 Å². The average Bonchev–Trinajstić information content (AvgIpc) is 1.63. The van der Waals surface area contributed by atoms with E-state index in [4.69, 9.17) is 22.5 Å². The molecule has 1 nitrogen and oxygen atoms in total. The fourth-order valence-electron chi connectivity index (χ4n) is 0.261. The fourth-order valence-corrected chi connectivity index (χ4v) is 0.951. The maximum Gasteiger partial charge on any atom is 0.274 e. The van der Waals surface area contributed by atoms with Crippen LogP contribution in [0.4, 0.5) is 0 Å². The van der Waals surface area contributed by atoms with E-state index in [0.29, 0.717) is 0 Å². The lowest BCUT2D eigenvalue weighted by atomic mass is 10.5. The molecule has 0 N–H and O–H groups in total. The quantitative estimate of drug-likeness (QED) is 0.472. The third-order valence-electron chi connectivity index (χ3n) is 0.563. The molecule has 0 rings (SSSR count). The zero-order valence-electron chi connectivity index (χ0n) is 4.92. The van der Waals surface area contributed by atoms with E-state index in [2.05, 4.69) is 0 Å². The lowest BCUT2D eigenvalue weighted by Gasteiger charge is -1.86. The van der Waals surface area contributed by atoms with Gasteiger partial charge >= 0.3 is 0 Å². The molecule has 0 aliphatic heterocycles. The van der Waals surface area contributed by atoms with Crippen molar-refractivity contribution in [3.05, 3.63) is 24.0 Å². The van der Waals surface area contributed by atoms with Crippen molar-refractivity contribution in [2.24, 2.45) is 0 Å². The summed E-state index contributed by atoms with van der Waals surface area (Å²) in [6, 6.07) is 0. The summed E-state index contributed by atoms with van der Waals surface area (Å²) in [6.07, 6.45) is 5.05. The molecule has 0 aromatic carbocycles. The number of rotatable bonds is 2. The van der Waals surface area contributed by atoms with Crippen LogP contribution in [-0.2, 0) is 4.57 Å². The summed E-state index contributed by atoms with van der Waals surface area (Å²) in [4.78, 5) is 0. The van der Waals surface area contributed by atoms with Crippen LogP contribution in [0.5, 0.6) is 0 Å². The first-order valence-corrected chi connectivity index (χ1v) is 5.94. The molecule has 52 valence electrons. The average molecular weight is 185 g/mol. The Bertz CT molecular complexity index is 168. The summed E-state index contributed by atoms with van der Waals surface area (Å²) < 4.78 is 10.5. The van der Waals surface area contributed by atoms with E-state index in [9.17, 15) is 4.57 Å². The molecule has 0 aliphatic rings. The van der Waals surface area contributed by atoms with Gasteiger partial charge in [0.05, 0.1) is 0 Å². The van der Waals surface area contributed by atoms with Crippen LogP contribution in [0.2, 0.25) is 0 Å². The van der Waals surface area contributed by atoms with Crippen LogP contribution in [0.15, 0.2) is 24.0 Å². The zero-order valence-corrected chi connectivity index (χ0v) is 7.33. The molecule has 0 saturated carbocycles. The maximum atomic E-state index is 10.5. The van der Waals surface area contributed by atoms with Crippen molar-refractivity contribution in [2.45, 2.75) is 6.92 Å². The Balaban J connectivity index is 3.86. The standard InChI is InChI=1S/C5H7Cl2OP/c1-2-3-4-5-9(6,7)8/h2-5H,1H3/b3-2+,5-4+. The van der Waals surface area contributed by atoms with Crippen molar-refractivity contribution in [1.29, 1.82) is 0 Å². The van der Waals surface area contributed by atoms with Gasteiger partial charge in [0.25, 0.3) is 5.85 Å². The Kier molecular flexibility index (Phi) is 4.29. The molecule has 0 heterocycles. The van der Waals surface area contributed by atoms with Gasteiger partial charge in [0, 0.05) is 5.82 Å².